The first-order valence-electron chi connectivity index (χ1n) is 9.24. The number of hydrogen-bond donors (Lipinski definition) is 1. The Bertz CT molecular complexity index is 915. The second-order valence-corrected chi connectivity index (χ2v) is 7.49. The zero-order chi connectivity index (χ0) is 20.3. The van der Waals surface area contributed by atoms with Gasteiger partial charge in [-0.15, -0.1) is 0 Å². The van der Waals surface area contributed by atoms with Crippen LogP contribution in [-0.2, 0) is 4.74 Å². The van der Waals surface area contributed by atoms with Crippen molar-refractivity contribution in [3.8, 4) is 0 Å². The number of anilines is 1. The molecule has 1 aromatic carbocycles. The predicted molar refractivity (Wildman–Crippen MR) is 108 cm³/mol. The number of carbonyl (C=O) groups is 1. The minimum Gasteiger partial charge on any atom is -0.464 e. The smallest absolute Gasteiger partial charge is 0.358 e. The molecule has 2 aromatic rings. The Labute approximate surface area is 169 Å². The minimum atomic E-state index is -0.600. The second kappa shape index (κ2) is 8.27. The van der Waals surface area contributed by atoms with E-state index in [9.17, 15) is 9.18 Å². The zero-order valence-corrected chi connectivity index (χ0v) is 16.9. The van der Waals surface area contributed by atoms with Crippen molar-refractivity contribution in [1.29, 1.82) is 0 Å². The highest BCUT2D eigenvalue weighted by Crippen LogP contribution is 2.40. The molecule has 0 radical (unpaired) electrons. The molecule has 1 N–H and O–H groups in total. The number of rotatable bonds is 7. The standard InChI is InChI=1S/C21H23ClFN3O2/c1-4-21(2,12-11-13-7-5-6-8-15(13)23)26-19-16(22)17(20(27)28-3)24-18(25-19)14-9-10-14/h5-8,11-12,14H,4,9-10H2,1-3H3,(H,24,25,26)/b12-11+. The third kappa shape index (κ3) is 4.50. The lowest BCUT2D eigenvalue weighted by molar-refractivity contribution is 0.0593. The van der Waals surface area contributed by atoms with E-state index in [1.54, 1.807) is 24.3 Å². The van der Waals surface area contributed by atoms with E-state index in [-0.39, 0.29) is 22.5 Å². The summed E-state index contributed by atoms with van der Waals surface area (Å²) in [6.45, 7) is 3.95. The monoisotopic (exact) mass is 403 g/mol. The van der Waals surface area contributed by atoms with Gasteiger partial charge in [0.1, 0.15) is 22.5 Å². The van der Waals surface area contributed by atoms with Gasteiger partial charge in [0.05, 0.1) is 12.6 Å². The lowest BCUT2D eigenvalue weighted by Gasteiger charge is -2.28. The van der Waals surface area contributed by atoms with Crippen LogP contribution < -0.4 is 5.32 Å². The molecule has 1 fully saturated rings. The van der Waals surface area contributed by atoms with Crippen molar-refractivity contribution in [2.75, 3.05) is 12.4 Å². The SMILES string of the molecule is CCC(C)(/C=C/c1ccccc1F)Nc1nc(C2CC2)nc(C(=O)OC)c1Cl. The van der Waals surface area contributed by atoms with Gasteiger partial charge >= 0.3 is 5.97 Å². The van der Waals surface area contributed by atoms with Gasteiger partial charge in [0.25, 0.3) is 0 Å². The predicted octanol–water partition coefficient (Wildman–Crippen LogP) is 5.23. The molecule has 0 bridgehead atoms. The summed E-state index contributed by atoms with van der Waals surface area (Å²) in [7, 11) is 1.29. The molecule has 1 unspecified atom stereocenters. The van der Waals surface area contributed by atoms with Crippen molar-refractivity contribution in [3.63, 3.8) is 0 Å². The Kier molecular flexibility index (Phi) is 5.98. The Morgan fingerprint density at radius 2 is 2.11 bits per heavy atom. The van der Waals surface area contributed by atoms with Crippen molar-refractivity contribution in [2.45, 2.75) is 44.6 Å². The van der Waals surface area contributed by atoms with E-state index in [0.717, 1.165) is 12.8 Å². The van der Waals surface area contributed by atoms with Gasteiger partial charge in [-0.25, -0.2) is 19.2 Å². The second-order valence-electron chi connectivity index (χ2n) is 7.11. The third-order valence-corrected chi connectivity index (χ3v) is 5.22. The zero-order valence-electron chi connectivity index (χ0n) is 16.1. The van der Waals surface area contributed by atoms with Crippen LogP contribution in [0, 0.1) is 5.82 Å². The van der Waals surface area contributed by atoms with E-state index in [2.05, 4.69) is 15.3 Å². The first-order valence-corrected chi connectivity index (χ1v) is 9.62. The van der Waals surface area contributed by atoms with E-state index in [1.807, 2.05) is 19.9 Å². The molecule has 1 heterocycles. The number of esters is 1. The maximum Gasteiger partial charge on any atom is 0.358 e. The third-order valence-electron chi connectivity index (χ3n) is 4.86. The number of methoxy groups -OCH3 is 1. The van der Waals surface area contributed by atoms with Crippen LogP contribution in [0.1, 0.15) is 60.9 Å². The van der Waals surface area contributed by atoms with Gasteiger partial charge < -0.3 is 10.1 Å². The highest BCUT2D eigenvalue weighted by atomic mass is 35.5. The summed E-state index contributed by atoms with van der Waals surface area (Å²) in [6, 6.07) is 6.56. The topological polar surface area (TPSA) is 64.1 Å². The largest absolute Gasteiger partial charge is 0.464 e. The van der Waals surface area contributed by atoms with Crippen LogP contribution in [0.3, 0.4) is 0 Å². The average Bonchev–Trinajstić information content (AvgIpc) is 3.53. The summed E-state index contributed by atoms with van der Waals surface area (Å²) in [6.07, 6.45) is 6.26. The van der Waals surface area contributed by atoms with E-state index < -0.39 is 11.5 Å². The first kappa shape index (κ1) is 20.3. The van der Waals surface area contributed by atoms with Gasteiger partial charge in [-0.05, 0) is 32.3 Å². The van der Waals surface area contributed by atoms with Crippen LogP contribution in [0.25, 0.3) is 6.08 Å². The normalized spacial score (nSPS) is 16.0. The summed E-state index contributed by atoms with van der Waals surface area (Å²) < 4.78 is 18.7. The van der Waals surface area contributed by atoms with E-state index in [4.69, 9.17) is 16.3 Å². The van der Waals surface area contributed by atoms with Crippen molar-refractivity contribution in [1.82, 2.24) is 9.97 Å². The lowest BCUT2D eigenvalue weighted by atomic mass is 9.97. The molecule has 0 spiro atoms. The number of aromatic nitrogens is 2. The van der Waals surface area contributed by atoms with Crippen LogP contribution >= 0.6 is 11.6 Å². The fraction of sp³-hybridized carbons (Fsp3) is 0.381. The molecule has 0 amide bonds. The van der Waals surface area contributed by atoms with Crippen LogP contribution in [0.2, 0.25) is 5.02 Å². The molecule has 7 heteroatoms. The quantitative estimate of drug-likeness (QED) is 0.641. The van der Waals surface area contributed by atoms with Gasteiger partial charge in [0.2, 0.25) is 0 Å². The van der Waals surface area contributed by atoms with Gasteiger partial charge in [-0.1, -0.05) is 48.9 Å². The number of ether oxygens (including phenoxy) is 1. The van der Waals surface area contributed by atoms with Gasteiger partial charge in [-0.2, -0.15) is 0 Å². The van der Waals surface area contributed by atoms with Crippen LogP contribution in [0.15, 0.2) is 30.3 Å². The molecule has 3 rings (SSSR count). The number of nitrogens with zero attached hydrogens (tertiary/aromatic N) is 2. The van der Waals surface area contributed by atoms with Crippen molar-refractivity contribution < 1.29 is 13.9 Å². The van der Waals surface area contributed by atoms with Gasteiger partial charge in [-0.3, -0.25) is 0 Å². The van der Waals surface area contributed by atoms with Crippen molar-refractivity contribution in [2.24, 2.45) is 0 Å². The number of carbonyl (C=O) groups excluding carboxylic acids is 1. The summed E-state index contributed by atoms with van der Waals surface area (Å²) in [5, 5.41) is 3.43. The average molecular weight is 404 g/mol. The maximum absolute atomic E-state index is 13.9. The van der Waals surface area contributed by atoms with Gasteiger partial charge in [0.15, 0.2) is 5.69 Å². The highest BCUT2D eigenvalue weighted by molar-refractivity contribution is 6.35. The summed E-state index contributed by atoms with van der Waals surface area (Å²) in [5.41, 5.74) is -0.0131. The Balaban J connectivity index is 1.94. The summed E-state index contributed by atoms with van der Waals surface area (Å²) in [4.78, 5) is 20.9. The summed E-state index contributed by atoms with van der Waals surface area (Å²) in [5.74, 6) is 0.312. The summed E-state index contributed by atoms with van der Waals surface area (Å²) >= 11 is 6.41. The molecular weight excluding hydrogens is 381 g/mol. The molecule has 28 heavy (non-hydrogen) atoms. The molecule has 1 aliphatic rings. The Morgan fingerprint density at radius 1 is 1.39 bits per heavy atom. The molecule has 1 aliphatic carbocycles. The van der Waals surface area contributed by atoms with Crippen molar-refractivity contribution in [3.05, 3.63) is 58.3 Å². The number of halogens is 2. The maximum atomic E-state index is 13.9. The molecule has 148 valence electrons. The van der Waals surface area contributed by atoms with Gasteiger partial charge in [0, 0.05) is 11.5 Å². The fourth-order valence-corrected chi connectivity index (χ4v) is 2.91. The van der Waals surface area contributed by atoms with Crippen LogP contribution in [0.4, 0.5) is 10.2 Å². The van der Waals surface area contributed by atoms with E-state index in [1.165, 1.54) is 13.2 Å². The highest BCUT2D eigenvalue weighted by Gasteiger charge is 2.31. The lowest BCUT2D eigenvalue weighted by Crippen LogP contribution is -2.32. The minimum absolute atomic E-state index is 0.0557. The van der Waals surface area contributed by atoms with Crippen LogP contribution in [-0.4, -0.2) is 28.6 Å². The van der Waals surface area contributed by atoms with Crippen LogP contribution in [0.5, 0.6) is 0 Å². The molecule has 1 aromatic heterocycles. The van der Waals surface area contributed by atoms with E-state index >= 15 is 0 Å². The number of benzene rings is 1. The molecule has 0 aliphatic heterocycles. The Hall–Kier alpha value is -2.47. The molecule has 1 saturated carbocycles. The molecule has 1 atom stereocenters. The Morgan fingerprint density at radius 3 is 2.71 bits per heavy atom. The molecule has 0 saturated heterocycles. The fourth-order valence-electron chi connectivity index (χ4n) is 2.71. The molecular formula is C21H23ClFN3O2. The first-order chi connectivity index (χ1) is 13.4. The number of nitrogens with one attached hydrogen (secondary N) is 1. The number of hydrogen-bond acceptors (Lipinski definition) is 5. The van der Waals surface area contributed by atoms with Crippen molar-refractivity contribution >= 4 is 29.5 Å². The van der Waals surface area contributed by atoms with E-state index in [0.29, 0.717) is 23.6 Å². The molecule has 5 nitrogen and oxygen atoms in total.